The molecule has 6 fully saturated rings. The van der Waals surface area contributed by atoms with Gasteiger partial charge in [-0.2, -0.15) is 0 Å². The van der Waals surface area contributed by atoms with Gasteiger partial charge in [-0.15, -0.1) is 0 Å². The van der Waals surface area contributed by atoms with Crippen molar-refractivity contribution in [3.63, 3.8) is 0 Å². The molecule has 6 rings (SSSR count). The van der Waals surface area contributed by atoms with E-state index in [9.17, 15) is 4.79 Å². The van der Waals surface area contributed by atoms with Crippen LogP contribution in [0.25, 0.3) is 0 Å². The number of rotatable bonds is 1. The number of ether oxygens (including phenoxy) is 3. The SMILES string of the molecule is CC(=O)O[C@@H]1CC[C@@]2(C)[C@H](CC[C@H]3[C@H]2CC[C@]2(C)[C@@H]4[C@H](C[C@H]32)O[C@]2(CC[C@H](C)CO2)[C@@H]4C)C1. The second kappa shape index (κ2) is 7.69. The Morgan fingerprint density at radius 1 is 0.909 bits per heavy atom. The fourth-order valence-electron chi connectivity index (χ4n) is 10.6. The third-order valence-corrected chi connectivity index (χ3v) is 12.2. The summed E-state index contributed by atoms with van der Waals surface area (Å²) in [7, 11) is 0. The van der Waals surface area contributed by atoms with E-state index in [1.807, 2.05) is 0 Å². The van der Waals surface area contributed by atoms with Crippen LogP contribution in [-0.4, -0.2) is 30.6 Å². The van der Waals surface area contributed by atoms with Crippen molar-refractivity contribution in [3.8, 4) is 0 Å². The molecule has 4 saturated carbocycles. The third kappa shape index (κ3) is 3.25. The van der Waals surface area contributed by atoms with Crippen molar-refractivity contribution in [2.75, 3.05) is 6.61 Å². The maximum absolute atomic E-state index is 11.5. The van der Waals surface area contributed by atoms with Gasteiger partial charge in [0.15, 0.2) is 5.79 Å². The summed E-state index contributed by atoms with van der Waals surface area (Å²) >= 11 is 0. The van der Waals surface area contributed by atoms with Gasteiger partial charge in [0, 0.05) is 19.3 Å². The average molecular weight is 459 g/mol. The number of fused-ring (bicyclic) bond motifs is 7. The molecule has 4 heteroatoms. The molecule has 0 unspecified atom stereocenters. The number of hydrogen-bond donors (Lipinski definition) is 0. The van der Waals surface area contributed by atoms with E-state index in [0.29, 0.717) is 34.7 Å². The fraction of sp³-hybridized carbons (Fsp3) is 0.966. The first-order valence-corrected chi connectivity index (χ1v) is 14.2. The van der Waals surface area contributed by atoms with Gasteiger partial charge in [0.25, 0.3) is 0 Å². The lowest BCUT2D eigenvalue weighted by atomic mass is 9.44. The van der Waals surface area contributed by atoms with Gasteiger partial charge in [0.05, 0.1) is 12.7 Å². The lowest BCUT2D eigenvalue weighted by Crippen LogP contribution is -2.55. The third-order valence-electron chi connectivity index (χ3n) is 12.2. The first kappa shape index (κ1) is 22.8. The van der Waals surface area contributed by atoms with Crippen LogP contribution in [0.5, 0.6) is 0 Å². The Labute approximate surface area is 200 Å². The van der Waals surface area contributed by atoms with Crippen LogP contribution in [0.15, 0.2) is 0 Å². The largest absolute Gasteiger partial charge is 0.463 e. The highest BCUT2D eigenvalue weighted by molar-refractivity contribution is 5.66. The minimum absolute atomic E-state index is 0.105. The van der Waals surface area contributed by atoms with E-state index >= 15 is 0 Å². The van der Waals surface area contributed by atoms with E-state index < -0.39 is 0 Å². The molecule has 0 aromatic carbocycles. The molecule has 0 amide bonds. The van der Waals surface area contributed by atoms with Crippen LogP contribution in [0.4, 0.5) is 0 Å². The van der Waals surface area contributed by atoms with E-state index in [4.69, 9.17) is 14.2 Å². The Morgan fingerprint density at radius 3 is 2.42 bits per heavy atom. The lowest BCUT2D eigenvalue weighted by molar-refractivity contribution is -0.273. The van der Waals surface area contributed by atoms with Gasteiger partial charge in [-0.3, -0.25) is 4.79 Å². The number of carbonyl (C=O) groups is 1. The first-order valence-electron chi connectivity index (χ1n) is 14.2. The molecular weight excluding hydrogens is 412 g/mol. The van der Waals surface area contributed by atoms with Gasteiger partial charge in [0.2, 0.25) is 0 Å². The maximum Gasteiger partial charge on any atom is 0.302 e. The van der Waals surface area contributed by atoms with Crippen molar-refractivity contribution >= 4 is 5.97 Å². The molecule has 0 bridgehead atoms. The molecular formula is C29H46O4. The van der Waals surface area contributed by atoms with Crippen molar-refractivity contribution in [2.45, 2.75) is 117 Å². The summed E-state index contributed by atoms with van der Waals surface area (Å²) < 4.78 is 19.1. The molecule has 0 aromatic rings. The molecule has 0 N–H and O–H groups in total. The maximum atomic E-state index is 11.5. The minimum atomic E-state index is -0.300. The van der Waals surface area contributed by atoms with E-state index in [0.717, 1.165) is 49.5 Å². The zero-order valence-electron chi connectivity index (χ0n) is 21.6. The Kier molecular flexibility index (Phi) is 5.32. The molecule has 1 spiro atoms. The molecule has 33 heavy (non-hydrogen) atoms. The summed E-state index contributed by atoms with van der Waals surface area (Å²) in [6.45, 7) is 12.4. The molecule has 2 heterocycles. The summed E-state index contributed by atoms with van der Waals surface area (Å²) in [4.78, 5) is 11.5. The zero-order chi connectivity index (χ0) is 23.2. The van der Waals surface area contributed by atoms with Crippen LogP contribution < -0.4 is 0 Å². The quantitative estimate of drug-likeness (QED) is 0.429. The van der Waals surface area contributed by atoms with Crippen LogP contribution in [0.2, 0.25) is 0 Å². The highest BCUT2D eigenvalue weighted by Gasteiger charge is 2.69. The van der Waals surface area contributed by atoms with Crippen LogP contribution in [0, 0.1) is 52.3 Å². The van der Waals surface area contributed by atoms with Crippen LogP contribution >= 0.6 is 0 Å². The Morgan fingerprint density at radius 2 is 1.70 bits per heavy atom. The van der Waals surface area contributed by atoms with Gasteiger partial charge in [-0.1, -0.05) is 27.7 Å². The van der Waals surface area contributed by atoms with Gasteiger partial charge in [0.1, 0.15) is 6.10 Å². The smallest absolute Gasteiger partial charge is 0.302 e. The summed E-state index contributed by atoms with van der Waals surface area (Å²) in [5.74, 6) is 4.63. The molecule has 12 atom stereocenters. The second-order valence-corrected chi connectivity index (χ2v) is 13.7. The number of carbonyl (C=O) groups excluding carboxylic acids is 1. The van der Waals surface area contributed by atoms with E-state index in [1.165, 1.54) is 44.9 Å². The molecule has 4 nitrogen and oxygen atoms in total. The van der Waals surface area contributed by atoms with Crippen LogP contribution in [0.1, 0.15) is 98.8 Å². The zero-order valence-corrected chi connectivity index (χ0v) is 21.6. The average Bonchev–Trinajstić information content (AvgIpc) is 3.21. The van der Waals surface area contributed by atoms with Crippen molar-refractivity contribution in [1.29, 1.82) is 0 Å². The lowest BCUT2D eigenvalue weighted by Gasteiger charge is -2.61. The first-order chi connectivity index (χ1) is 15.7. The predicted octanol–water partition coefficient (Wildman–Crippen LogP) is 6.36. The van der Waals surface area contributed by atoms with Crippen molar-refractivity contribution in [1.82, 2.24) is 0 Å². The summed E-state index contributed by atoms with van der Waals surface area (Å²) in [6.07, 6.45) is 12.9. The van der Waals surface area contributed by atoms with E-state index in [-0.39, 0.29) is 17.9 Å². The Hall–Kier alpha value is -0.610. The number of hydrogen-bond acceptors (Lipinski definition) is 4. The molecule has 4 aliphatic carbocycles. The van der Waals surface area contributed by atoms with Crippen LogP contribution in [-0.2, 0) is 19.0 Å². The second-order valence-electron chi connectivity index (χ2n) is 13.7. The normalized spacial score (nSPS) is 57.7. The molecule has 6 aliphatic rings. The molecule has 0 radical (unpaired) electrons. The van der Waals surface area contributed by atoms with Crippen molar-refractivity contribution in [3.05, 3.63) is 0 Å². The van der Waals surface area contributed by atoms with Crippen LogP contribution in [0.3, 0.4) is 0 Å². The van der Waals surface area contributed by atoms with E-state index in [1.54, 1.807) is 6.92 Å². The predicted molar refractivity (Wildman–Crippen MR) is 127 cm³/mol. The van der Waals surface area contributed by atoms with Gasteiger partial charge >= 0.3 is 5.97 Å². The summed E-state index contributed by atoms with van der Waals surface area (Å²) in [5.41, 5.74) is 0.828. The highest BCUT2D eigenvalue weighted by atomic mass is 16.7. The molecule has 0 aromatic heterocycles. The molecule has 2 saturated heterocycles. The fourth-order valence-corrected chi connectivity index (χ4v) is 10.6. The summed E-state index contributed by atoms with van der Waals surface area (Å²) in [6, 6.07) is 0. The number of esters is 1. The van der Waals surface area contributed by atoms with Gasteiger partial charge in [-0.25, -0.2) is 0 Å². The Balaban J connectivity index is 1.21. The van der Waals surface area contributed by atoms with Gasteiger partial charge in [-0.05, 0) is 104 Å². The minimum Gasteiger partial charge on any atom is -0.463 e. The Bertz CT molecular complexity index is 786. The van der Waals surface area contributed by atoms with E-state index in [2.05, 4.69) is 27.7 Å². The van der Waals surface area contributed by atoms with Gasteiger partial charge < -0.3 is 14.2 Å². The molecule has 2 aliphatic heterocycles. The monoisotopic (exact) mass is 458 g/mol. The molecule has 186 valence electrons. The van der Waals surface area contributed by atoms with Crippen molar-refractivity contribution in [2.24, 2.45) is 52.3 Å². The topological polar surface area (TPSA) is 44.8 Å². The summed E-state index contributed by atoms with van der Waals surface area (Å²) in [5, 5.41) is 0. The highest BCUT2D eigenvalue weighted by Crippen LogP contribution is 2.71. The van der Waals surface area contributed by atoms with Crippen molar-refractivity contribution < 1.29 is 19.0 Å². The standard InChI is InChI=1S/C29H46O4/c1-17-8-13-29(31-16-17)18(2)26-25(33-29)15-24-22-7-6-20-14-21(32-19(3)30)9-11-27(20,4)23(22)10-12-28(24,26)5/h17-18,20-26H,6-16H2,1-5H3/t17-,18+,20+,21+,22-,23+,24+,25-,26-,27-,28-,29+/m0/s1.